The third-order valence-corrected chi connectivity index (χ3v) is 6.52. The molecule has 5 heteroatoms. The van der Waals surface area contributed by atoms with Crippen LogP contribution in [0.25, 0.3) is 6.08 Å². The van der Waals surface area contributed by atoms with E-state index in [2.05, 4.69) is 53.5 Å². The monoisotopic (exact) mass is 398 g/mol. The molecular formula is C24H34N2O3. The Balaban J connectivity index is 1.20. The van der Waals surface area contributed by atoms with Crippen LogP contribution in [0, 0.1) is 0 Å². The van der Waals surface area contributed by atoms with Crippen LogP contribution in [0.15, 0.2) is 35.9 Å². The standard InChI is InChI=1S/C24H34N2O3/c1-19(16-20-6-3-2-4-7-20)18-26-13-11-24(12-14-26)10-9-21(29-24)17-25-23(27)22-8-5-15-28-22/h2-4,6-7,16,21-22H,5,8-15,17-18H2,1H3,(H,25,27). The summed E-state index contributed by atoms with van der Waals surface area (Å²) in [7, 11) is 0. The Morgan fingerprint density at radius 1 is 1.21 bits per heavy atom. The normalized spacial score (nSPS) is 27.4. The number of nitrogens with one attached hydrogen (secondary N) is 1. The number of hydrogen-bond acceptors (Lipinski definition) is 4. The van der Waals surface area contributed by atoms with E-state index in [4.69, 9.17) is 9.47 Å². The van der Waals surface area contributed by atoms with E-state index in [1.165, 1.54) is 11.1 Å². The van der Waals surface area contributed by atoms with E-state index in [-0.39, 0.29) is 23.7 Å². The number of rotatable bonds is 6. The van der Waals surface area contributed by atoms with Gasteiger partial charge in [0.05, 0.1) is 11.7 Å². The van der Waals surface area contributed by atoms with Crippen LogP contribution in [0.4, 0.5) is 0 Å². The highest BCUT2D eigenvalue weighted by Crippen LogP contribution is 2.38. The zero-order valence-electron chi connectivity index (χ0n) is 17.6. The van der Waals surface area contributed by atoms with Crippen LogP contribution in [-0.2, 0) is 14.3 Å². The van der Waals surface area contributed by atoms with Crippen LogP contribution >= 0.6 is 0 Å². The molecule has 3 aliphatic heterocycles. The Morgan fingerprint density at radius 3 is 2.72 bits per heavy atom. The van der Waals surface area contributed by atoms with Crippen molar-refractivity contribution in [1.29, 1.82) is 0 Å². The molecule has 1 amide bonds. The first kappa shape index (κ1) is 20.6. The molecule has 5 nitrogen and oxygen atoms in total. The third-order valence-electron chi connectivity index (χ3n) is 6.52. The highest BCUT2D eigenvalue weighted by Gasteiger charge is 2.42. The van der Waals surface area contributed by atoms with E-state index in [1.54, 1.807) is 0 Å². The largest absolute Gasteiger partial charge is 0.370 e. The highest BCUT2D eigenvalue weighted by atomic mass is 16.5. The molecule has 4 rings (SSSR count). The van der Waals surface area contributed by atoms with Gasteiger partial charge in [-0.3, -0.25) is 9.69 Å². The Kier molecular flexibility index (Phi) is 6.68. The van der Waals surface area contributed by atoms with Crippen molar-refractivity contribution in [2.45, 2.75) is 63.3 Å². The lowest BCUT2D eigenvalue weighted by Gasteiger charge is -2.39. The SMILES string of the molecule is CC(=Cc1ccccc1)CN1CCC2(CCC(CNC(=O)C3CCCO3)O2)CC1. The van der Waals surface area contributed by atoms with E-state index in [0.717, 1.165) is 58.2 Å². The number of carbonyl (C=O) groups excluding carboxylic acids is 1. The lowest BCUT2D eigenvalue weighted by molar-refractivity contribution is -0.131. The Morgan fingerprint density at radius 2 is 2.00 bits per heavy atom. The van der Waals surface area contributed by atoms with Gasteiger partial charge in [0, 0.05) is 32.8 Å². The molecule has 0 bridgehead atoms. The molecule has 1 aromatic carbocycles. The molecule has 0 saturated carbocycles. The first-order chi connectivity index (χ1) is 14.1. The van der Waals surface area contributed by atoms with E-state index < -0.39 is 0 Å². The summed E-state index contributed by atoms with van der Waals surface area (Å²) in [6, 6.07) is 10.5. The second kappa shape index (κ2) is 9.41. The van der Waals surface area contributed by atoms with E-state index >= 15 is 0 Å². The number of benzene rings is 1. The molecule has 0 radical (unpaired) electrons. The summed E-state index contributed by atoms with van der Waals surface area (Å²) in [6.07, 6.45) is 8.32. The predicted octanol–water partition coefficient (Wildman–Crippen LogP) is 3.40. The topological polar surface area (TPSA) is 50.8 Å². The molecule has 3 aliphatic rings. The highest BCUT2D eigenvalue weighted by molar-refractivity contribution is 5.80. The van der Waals surface area contributed by atoms with Crippen molar-refractivity contribution < 1.29 is 14.3 Å². The summed E-state index contributed by atoms with van der Waals surface area (Å²) in [5, 5.41) is 3.04. The van der Waals surface area contributed by atoms with Crippen molar-refractivity contribution in [3.8, 4) is 0 Å². The molecule has 2 unspecified atom stereocenters. The van der Waals surface area contributed by atoms with Gasteiger partial charge in [-0.15, -0.1) is 0 Å². The second-order valence-corrected chi connectivity index (χ2v) is 8.89. The Bertz CT molecular complexity index is 704. The first-order valence-electron chi connectivity index (χ1n) is 11.1. The average molecular weight is 399 g/mol. The average Bonchev–Trinajstić information content (AvgIpc) is 3.40. The number of piperidine rings is 1. The molecule has 0 aliphatic carbocycles. The van der Waals surface area contributed by atoms with Gasteiger partial charge in [-0.2, -0.15) is 0 Å². The maximum Gasteiger partial charge on any atom is 0.249 e. The van der Waals surface area contributed by atoms with Gasteiger partial charge in [-0.25, -0.2) is 0 Å². The predicted molar refractivity (Wildman–Crippen MR) is 115 cm³/mol. The quantitative estimate of drug-likeness (QED) is 0.798. The number of likely N-dealkylation sites (tertiary alicyclic amines) is 1. The summed E-state index contributed by atoms with van der Waals surface area (Å²) in [5.74, 6) is 0.0301. The van der Waals surface area contributed by atoms with Gasteiger partial charge in [0.15, 0.2) is 0 Å². The summed E-state index contributed by atoms with van der Waals surface area (Å²) >= 11 is 0. The van der Waals surface area contributed by atoms with E-state index in [9.17, 15) is 4.79 Å². The minimum absolute atomic E-state index is 0.0206. The van der Waals surface area contributed by atoms with Crippen molar-refractivity contribution >= 4 is 12.0 Å². The van der Waals surface area contributed by atoms with Gasteiger partial charge in [-0.05, 0) is 51.0 Å². The molecule has 3 saturated heterocycles. The second-order valence-electron chi connectivity index (χ2n) is 8.89. The summed E-state index contributed by atoms with van der Waals surface area (Å²) in [4.78, 5) is 14.7. The molecule has 0 aromatic heterocycles. The molecule has 1 spiro atoms. The summed E-state index contributed by atoms with van der Waals surface area (Å²) < 4.78 is 11.9. The fourth-order valence-electron chi connectivity index (χ4n) is 4.87. The molecule has 3 fully saturated rings. The first-order valence-corrected chi connectivity index (χ1v) is 11.1. The minimum atomic E-state index is -0.249. The molecule has 158 valence electrons. The van der Waals surface area contributed by atoms with Crippen molar-refractivity contribution in [3.05, 3.63) is 41.5 Å². The number of amides is 1. The van der Waals surface area contributed by atoms with Crippen LogP contribution in [-0.4, -0.2) is 61.4 Å². The number of ether oxygens (including phenoxy) is 2. The van der Waals surface area contributed by atoms with Crippen molar-refractivity contribution in [2.24, 2.45) is 0 Å². The fraction of sp³-hybridized carbons (Fsp3) is 0.625. The minimum Gasteiger partial charge on any atom is -0.370 e. The molecule has 29 heavy (non-hydrogen) atoms. The van der Waals surface area contributed by atoms with Crippen LogP contribution in [0.3, 0.4) is 0 Å². The molecule has 1 N–H and O–H groups in total. The third kappa shape index (κ3) is 5.47. The lowest BCUT2D eigenvalue weighted by Crippen LogP contribution is -2.46. The van der Waals surface area contributed by atoms with Crippen molar-refractivity contribution in [2.75, 3.05) is 32.8 Å². The van der Waals surface area contributed by atoms with Crippen LogP contribution < -0.4 is 5.32 Å². The molecule has 1 aromatic rings. The van der Waals surface area contributed by atoms with E-state index in [0.29, 0.717) is 13.2 Å². The van der Waals surface area contributed by atoms with Gasteiger partial charge in [0.2, 0.25) is 5.91 Å². The van der Waals surface area contributed by atoms with Gasteiger partial charge >= 0.3 is 0 Å². The van der Waals surface area contributed by atoms with Crippen LogP contribution in [0.2, 0.25) is 0 Å². The van der Waals surface area contributed by atoms with Crippen LogP contribution in [0.5, 0.6) is 0 Å². The molecule has 2 atom stereocenters. The smallest absolute Gasteiger partial charge is 0.249 e. The molecule has 3 heterocycles. The Labute approximate surface area is 174 Å². The zero-order valence-corrected chi connectivity index (χ0v) is 17.6. The van der Waals surface area contributed by atoms with E-state index in [1.807, 2.05) is 0 Å². The summed E-state index contributed by atoms with van der Waals surface area (Å²) in [6.45, 7) is 6.71. The van der Waals surface area contributed by atoms with Crippen molar-refractivity contribution in [1.82, 2.24) is 10.2 Å². The van der Waals surface area contributed by atoms with Gasteiger partial charge in [0.25, 0.3) is 0 Å². The maximum absolute atomic E-state index is 12.1. The number of carbonyl (C=O) groups is 1. The number of nitrogens with zero attached hydrogens (tertiary/aromatic N) is 1. The van der Waals surface area contributed by atoms with Gasteiger partial charge < -0.3 is 14.8 Å². The Hall–Kier alpha value is -1.69. The van der Waals surface area contributed by atoms with Gasteiger partial charge in [-0.1, -0.05) is 42.0 Å². The number of hydrogen-bond donors (Lipinski definition) is 1. The zero-order chi connectivity index (χ0) is 20.1. The summed E-state index contributed by atoms with van der Waals surface area (Å²) in [5.41, 5.74) is 2.69. The molecular weight excluding hydrogens is 364 g/mol. The maximum atomic E-state index is 12.1. The van der Waals surface area contributed by atoms with Crippen molar-refractivity contribution in [3.63, 3.8) is 0 Å². The fourth-order valence-corrected chi connectivity index (χ4v) is 4.87. The lowest BCUT2D eigenvalue weighted by atomic mass is 9.88. The van der Waals surface area contributed by atoms with Gasteiger partial charge in [0.1, 0.15) is 6.10 Å². The van der Waals surface area contributed by atoms with Crippen LogP contribution in [0.1, 0.15) is 51.0 Å².